The number of amides is 2. The highest BCUT2D eigenvalue weighted by Crippen LogP contribution is 2.34. The van der Waals surface area contributed by atoms with Crippen LogP contribution in [0.15, 0.2) is 61.1 Å². The monoisotopic (exact) mass is 376 g/mol. The normalized spacial score (nSPS) is 11.7. The average Bonchev–Trinajstić information content (AvgIpc) is 3.21. The molecule has 3 aromatic rings. The summed E-state index contributed by atoms with van der Waals surface area (Å²) in [5, 5.41) is 5.53. The second kappa shape index (κ2) is 7.75. The van der Waals surface area contributed by atoms with Gasteiger partial charge in [-0.15, -0.1) is 0 Å². The molecule has 1 aliphatic rings. The minimum absolute atomic E-state index is 0.155. The number of anilines is 1. The van der Waals surface area contributed by atoms with Crippen LogP contribution in [0.3, 0.4) is 0 Å². The molecule has 0 atom stereocenters. The summed E-state index contributed by atoms with van der Waals surface area (Å²) in [4.78, 5) is 32.9. The smallest absolute Gasteiger partial charge is 0.270 e. The van der Waals surface area contributed by atoms with E-state index in [2.05, 4.69) is 20.6 Å². The highest BCUT2D eigenvalue weighted by atomic mass is 16.7. The van der Waals surface area contributed by atoms with Crippen molar-refractivity contribution in [3.05, 3.63) is 77.9 Å². The highest BCUT2D eigenvalue weighted by Gasteiger charge is 2.16. The van der Waals surface area contributed by atoms with Crippen molar-refractivity contribution in [2.45, 2.75) is 6.54 Å². The summed E-state index contributed by atoms with van der Waals surface area (Å²) < 4.78 is 10.5. The first-order valence-corrected chi connectivity index (χ1v) is 8.53. The summed E-state index contributed by atoms with van der Waals surface area (Å²) in [5.41, 5.74) is 1.91. The van der Waals surface area contributed by atoms with Crippen molar-refractivity contribution in [1.29, 1.82) is 0 Å². The number of pyridine rings is 2. The maximum Gasteiger partial charge on any atom is 0.270 e. The van der Waals surface area contributed by atoms with Crippen LogP contribution in [0.2, 0.25) is 0 Å². The van der Waals surface area contributed by atoms with Crippen LogP contribution in [-0.4, -0.2) is 28.6 Å². The predicted octanol–water partition coefficient (Wildman–Crippen LogP) is 2.39. The Kier molecular flexibility index (Phi) is 4.83. The molecule has 0 spiro atoms. The minimum Gasteiger partial charge on any atom is -0.454 e. The van der Waals surface area contributed by atoms with Crippen LogP contribution in [0.1, 0.15) is 26.4 Å². The van der Waals surface area contributed by atoms with Gasteiger partial charge in [0.05, 0.1) is 0 Å². The number of nitrogens with zero attached hydrogens (tertiary/aromatic N) is 2. The van der Waals surface area contributed by atoms with Gasteiger partial charge in [-0.05, 0) is 35.9 Å². The van der Waals surface area contributed by atoms with Gasteiger partial charge in [0.2, 0.25) is 6.79 Å². The molecule has 2 N–H and O–H groups in total. The fraction of sp³-hybridized carbons (Fsp3) is 0.100. The number of carbonyl (C=O) groups excluding carboxylic acids is 2. The summed E-state index contributed by atoms with van der Waals surface area (Å²) in [7, 11) is 0. The fourth-order valence-electron chi connectivity index (χ4n) is 2.65. The minimum atomic E-state index is -0.374. The van der Waals surface area contributed by atoms with E-state index in [0.717, 1.165) is 5.56 Å². The van der Waals surface area contributed by atoms with E-state index in [-0.39, 0.29) is 24.3 Å². The van der Waals surface area contributed by atoms with Crippen LogP contribution in [0.4, 0.5) is 5.69 Å². The Bertz CT molecular complexity index is 1020. The van der Waals surface area contributed by atoms with Gasteiger partial charge in [-0.3, -0.25) is 19.6 Å². The number of benzene rings is 1. The molecule has 0 unspecified atom stereocenters. The lowest BCUT2D eigenvalue weighted by atomic mass is 10.2. The summed E-state index contributed by atoms with van der Waals surface area (Å²) in [6.07, 6.45) is 4.76. The summed E-state index contributed by atoms with van der Waals surface area (Å²) in [6.45, 7) is 0.483. The third-order valence-corrected chi connectivity index (χ3v) is 4.06. The molecular weight excluding hydrogens is 360 g/mol. The molecule has 0 aliphatic carbocycles. The summed E-state index contributed by atoms with van der Waals surface area (Å²) in [5.74, 6) is 0.474. The van der Waals surface area contributed by atoms with E-state index in [1.807, 2.05) is 6.07 Å². The zero-order chi connectivity index (χ0) is 19.3. The molecule has 28 heavy (non-hydrogen) atoms. The SMILES string of the molecule is O=C(Nc1ccc2c(c1)OCO2)c1ccnc(C(=O)NCc2cccnc2)c1. The van der Waals surface area contributed by atoms with Gasteiger partial charge in [-0.1, -0.05) is 6.07 Å². The van der Waals surface area contributed by atoms with Gasteiger partial charge >= 0.3 is 0 Å². The number of nitrogens with one attached hydrogen (secondary N) is 2. The molecule has 2 amide bonds. The predicted molar refractivity (Wildman–Crippen MR) is 100 cm³/mol. The zero-order valence-electron chi connectivity index (χ0n) is 14.7. The Morgan fingerprint density at radius 3 is 2.75 bits per heavy atom. The van der Waals surface area contributed by atoms with Crippen molar-refractivity contribution >= 4 is 17.5 Å². The number of hydrogen-bond donors (Lipinski definition) is 2. The van der Waals surface area contributed by atoms with Crippen LogP contribution in [0, 0.1) is 0 Å². The second-order valence-corrected chi connectivity index (χ2v) is 6.00. The summed E-state index contributed by atoms with van der Waals surface area (Å²) in [6, 6.07) is 11.8. The van der Waals surface area contributed by atoms with Crippen molar-refractivity contribution in [3.8, 4) is 11.5 Å². The Balaban J connectivity index is 1.42. The van der Waals surface area contributed by atoms with Gasteiger partial charge in [0.1, 0.15) is 5.69 Å². The van der Waals surface area contributed by atoms with E-state index in [1.165, 1.54) is 12.3 Å². The fourth-order valence-corrected chi connectivity index (χ4v) is 2.65. The number of hydrogen-bond acceptors (Lipinski definition) is 6. The summed E-state index contributed by atoms with van der Waals surface area (Å²) >= 11 is 0. The lowest BCUT2D eigenvalue weighted by molar-refractivity contribution is 0.0946. The first-order valence-electron chi connectivity index (χ1n) is 8.53. The van der Waals surface area contributed by atoms with Crippen molar-refractivity contribution in [2.75, 3.05) is 12.1 Å². The van der Waals surface area contributed by atoms with Gasteiger partial charge in [0, 0.05) is 42.5 Å². The van der Waals surface area contributed by atoms with Crippen LogP contribution >= 0.6 is 0 Å². The first kappa shape index (κ1) is 17.5. The number of carbonyl (C=O) groups is 2. The molecule has 1 aromatic carbocycles. The number of aromatic nitrogens is 2. The Labute approximate surface area is 160 Å². The number of ether oxygens (including phenoxy) is 2. The van der Waals surface area contributed by atoms with Gasteiger partial charge in [-0.25, -0.2) is 0 Å². The van der Waals surface area contributed by atoms with Crippen LogP contribution in [-0.2, 0) is 6.54 Å². The van der Waals surface area contributed by atoms with Crippen molar-refractivity contribution in [2.24, 2.45) is 0 Å². The van der Waals surface area contributed by atoms with Crippen LogP contribution in [0.5, 0.6) is 11.5 Å². The topological polar surface area (TPSA) is 102 Å². The lowest BCUT2D eigenvalue weighted by Crippen LogP contribution is -2.24. The Morgan fingerprint density at radius 2 is 1.89 bits per heavy atom. The number of rotatable bonds is 5. The van der Waals surface area contributed by atoms with Gasteiger partial charge in [-0.2, -0.15) is 0 Å². The van der Waals surface area contributed by atoms with Gasteiger partial charge < -0.3 is 20.1 Å². The van der Waals surface area contributed by atoms with E-state index in [1.54, 1.807) is 42.7 Å². The van der Waals surface area contributed by atoms with Crippen LogP contribution in [0.25, 0.3) is 0 Å². The van der Waals surface area contributed by atoms with E-state index >= 15 is 0 Å². The molecule has 2 aromatic heterocycles. The van der Waals surface area contributed by atoms with Crippen molar-refractivity contribution < 1.29 is 19.1 Å². The molecular formula is C20H16N4O4. The maximum absolute atomic E-state index is 12.5. The molecule has 0 saturated heterocycles. The third-order valence-electron chi connectivity index (χ3n) is 4.06. The molecule has 0 fully saturated rings. The third kappa shape index (κ3) is 3.90. The molecule has 3 heterocycles. The highest BCUT2D eigenvalue weighted by molar-refractivity contribution is 6.05. The van der Waals surface area contributed by atoms with Gasteiger partial charge in [0.25, 0.3) is 11.8 Å². The molecule has 0 radical (unpaired) electrons. The largest absolute Gasteiger partial charge is 0.454 e. The molecule has 8 heteroatoms. The quantitative estimate of drug-likeness (QED) is 0.709. The molecule has 0 bridgehead atoms. The van der Waals surface area contributed by atoms with Crippen LogP contribution < -0.4 is 20.1 Å². The van der Waals surface area contributed by atoms with Crippen molar-refractivity contribution in [3.63, 3.8) is 0 Å². The Hall–Kier alpha value is -3.94. The maximum atomic E-state index is 12.5. The molecule has 1 aliphatic heterocycles. The molecule has 4 rings (SSSR count). The zero-order valence-corrected chi connectivity index (χ0v) is 14.7. The Morgan fingerprint density at radius 1 is 1.00 bits per heavy atom. The van der Waals surface area contributed by atoms with E-state index in [4.69, 9.17) is 9.47 Å². The lowest BCUT2D eigenvalue weighted by Gasteiger charge is -2.08. The molecule has 140 valence electrons. The second-order valence-electron chi connectivity index (χ2n) is 6.00. The van der Waals surface area contributed by atoms with E-state index in [0.29, 0.717) is 29.3 Å². The molecule has 0 saturated carbocycles. The standard InChI is InChI=1S/C20H16N4O4/c25-19(24-15-3-4-17-18(9-15)28-12-27-17)14-5-7-22-16(8-14)20(26)23-11-13-2-1-6-21-10-13/h1-10H,11-12H2,(H,23,26)(H,24,25). The van der Waals surface area contributed by atoms with E-state index < -0.39 is 0 Å². The number of fused-ring (bicyclic) bond motifs is 1. The average molecular weight is 376 g/mol. The first-order chi connectivity index (χ1) is 13.7. The van der Waals surface area contributed by atoms with Gasteiger partial charge in [0.15, 0.2) is 11.5 Å². The molecule has 8 nitrogen and oxygen atoms in total. The van der Waals surface area contributed by atoms with E-state index in [9.17, 15) is 9.59 Å². The van der Waals surface area contributed by atoms with Crippen molar-refractivity contribution in [1.82, 2.24) is 15.3 Å².